The zero-order valence-electron chi connectivity index (χ0n) is 13.6. The summed E-state index contributed by atoms with van der Waals surface area (Å²) in [6.45, 7) is 2.82. The van der Waals surface area contributed by atoms with Crippen molar-refractivity contribution < 1.29 is 15.0 Å². The van der Waals surface area contributed by atoms with Crippen LogP contribution in [0.25, 0.3) is 0 Å². The number of carbonyl (C=O) groups is 1. The van der Waals surface area contributed by atoms with Crippen molar-refractivity contribution in [3.63, 3.8) is 0 Å². The van der Waals surface area contributed by atoms with Crippen LogP contribution in [0.3, 0.4) is 0 Å². The number of aliphatic hydroxyl groups excluding tert-OH is 1. The summed E-state index contributed by atoms with van der Waals surface area (Å²) in [5, 5.41) is 18.8. The molecule has 0 spiro atoms. The molecule has 2 aromatic rings. The molecule has 2 aromatic carbocycles. The number of hydrogen-bond donors (Lipinski definition) is 2. The average molecular weight is 325 g/mol. The topological polar surface area (TPSA) is 60.8 Å². The Morgan fingerprint density at radius 3 is 2.42 bits per heavy atom. The van der Waals surface area contributed by atoms with E-state index in [1.807, 2.05) is 18.2 Å². The first-order valence-electron chi connectivity index (χ1n) is 8.37. The predicted molar refractivity (Wildman–Crippen MR) is 93.1 cm³/mol. The van der Waals surface area contributed by atoms with E-state index in [2.05, 4.69) is 29.2 Å². The SMILES string of the molecule is O=C(O)c1ccc(CN2CC[C@H](c3ccccc3)[C@H](CO)C2)cc1. The minimum atomic E-state index is -0.898. The Kier molecular flexibility index (Phi) is 5.28. The molecule has 0 amide bonds. The van der Waals surface area contributed by atoms with Gasteiger partial charge in [0.2, 0.25) is 0 Å². The third-order valence-corrected chi connectivity index (χ3v) is 4.89. The molecule has 4 nitrogen and oxygen atoms in total. The van der Waals surface area contributed by atoms with Crippen molar-refractivity contribution >= 4 is 5.97 Å². The van der Waals surface area contributed by atoms with Gasteiger partial charge in [-0.25, -0.2) is 4.79 Å². The van der Waals surface area contributed by atoms with Gasteiger partial charge < -0.3 is 10.2 Å². The van der Waals surface area contributed by atoms with Gasteiger partial charge in [-0.2, -0.15) is 0 Å². The van der Waals surface area contributed by atoms with Crippen molar-refractivity contribution in [3.05, 3.63) is 71.3 Å². The van der Waals surface area contributed by atoms with Gasteiger partial charge in [0.25, 0.3) is 0 Å². The number of aromatic carboxylic acids is 1. The Morgan fingerprint density at radius 1 is 1.08 bits per heavy atom. The van der Waals surface area contributed by atoms with Gasteiger partial charge in [-0.15, -0.1) is 0 Å². The Balaban J connectivity index is 1.64. The van der Waals surface area contributed by atoms with Crippen LogP contribution in [-0.4, -0.2) is 40.8 Å². The van der Waals surface area contributed by atoms with E-state index in [1.54, 1.807) is 12.1 Å². The van der Waals surface area contributed by atoms with E-state index < -0.39 is 5.97 Å². The molecule has 1 aliphatic rings. The maximum absolute atomic E-state index is 10.9. The second-order valence-electron chi connectivity index (χ2n) is 6.49. The molecule has 1 fully saturated rings. The molecular formula is C20H23NO3. The summed E-state index contributed by atoms with van der Waals surface area (Å²) in [4.78, 5) is 13.3. The zero-order chi connectivity index (χ0) is 16.9. The van der Waals surface area contributed by atoms with Crippen molar-refractivity contribution in [1.29, 1.82) is 0 Å². The molecular weight excluding hydrogens is 302 g/mol. The van der Waals surface area contributed by atoms with E-state index in [0.717, 1.165) is 31.6 Å². The Bertz CT molecular complexity index is 669. The molecule has 0 unspecified atom stereocenters. The van der Waals surface area contributed by atoms with E-state index in [9.17, 15) is 9.90 Å². The van der Waals surface area contributed by atoms with Crippen LogP contribution in [0.1, 0.15) is 33.8 Å². The molecule has 1 saturated heterocycles. The maximum Gasteiger partial charge on any atom is 0.335 e. The molecule has 4 heteroatoms. The Morgan fingerprint density at radius 2 is 1.79 bits per heavy atom. The molecule has 0 bridgehead atoms. The highest BCUT2D eigenvalue weighted by Gasteiger charge is 2.29. The molecule has 0 aliphatic carbocycles. The number of nitrogens with zero attached hydrogens (tertiary/aromatic N) is 1. The number of piperidine rings is 1. The molecule has 2 N–H and O–H groups in total. The summed E-state index contributed by atoms with van der Waals surface area (Å²) >= 11 is 0. The smallest absolute Gasteiger partial charge is 0.335 e. The summed E-state index contributed by atoms with van der Waals surface area (Å²) in [6, 6.07) is 17.5. The van der Waals surface area contributed by atoms with Crippen molar-refractivity contribution in [3.8, 4) is 0 Å². The van der Waals surface area contributed by atoms with E-state index in [-0.39, 0.29) is 12.5 Å². The van der Waals surface area contributed by atoms with Gasteiger partial charge in [-0.3, -0.25) is 4.90 Å². The van der Waals surface area contributed by atoms with Crippen LogP contribution in [-0.2, 0) is 6.54 Å². The summed E-state index contributed by atoms with van der Waals surface area (Å²) in [5.74, 6) is -0.258. The third-order valence-electron chi connectivity index (χ3n) is 4.89. The van der Waals surface area contributed by atoms with E-state index in [1.165, 1.54) is 5.56 Å². The van der Waals surface area contributed by atoms with Gasteiger partial charge in [-0.05, 0) is 42.1 Å². The highest BCUT2D eigenvalue weighted by molar-refractivity contribution is 5.87. The minimum absolute atomic E-state index is 0.189. The Hall–Kier alpha value is -2.17. The average Bonchev–Trinajstić information content (AvgIpc) is 2.63. The quantitative estimate of drug-likeness (QED) is 0.887. The van der Waals surface area contributed by atoms with Crippen LogP contribution < -0.4 is 0 Å². The van der Waals surface area contributed by atoms with Crippen molar-refractivity contribution in [2.24, 2.45) is 5.92 Å². The van der Waals surface area contributed by atoms with E-state index in [0.29, 0.717) is 11.5 Å². The number of aliphatic hydroxyl groups is 1. The fraction of sp³-hybridized carbons (Fsp3) is 0.350. The number of likely N-dealkylation sites (tertiary alicyclic amines) is 1. The molecule has 1 aliphatic heterocycles. The van der Waals surface area contributed by atoms with Crippen LogP contribution in [0.5, 0.6) is 0 Å². The van der Waals surface area contributed by atoms with Crippen molar-refractivity contribution in [2.75, 3.05) is 19.7 Å². The number of carboxylic acids is 1. The number of rotatable bonds is 5. The molecule has 0 aromatic heterocycles. The number of hydrogen-bond acceptors (Lipinski definition) is 3. The van der Waals surface area contributed by atoms with Crippen LogP contribution in [0.15, 0.2) is 54.6 Å². The van der Waals surface area contributed by atoms with Crippen LogP contribution >= 0.6 is 0 Å². The van der Waals surface area contributed by atoms with E-state index in [4.69, 9.17) is 5.11 Å². The lowest BCUT2D eigenvalue weighted by Gasteiger charge is -2.38. The molecule has 1 heterocycles. The van der Waals surface area contributed by atoms with Gasteiger partial charge in [0.05, 0.1) is 5.56 Å². The lowest BCUT2D eigenvalue weighted by atomic mass is 9.81. The predicted octanol–water partition coefficient (Wildman–Crippen LogP) is 2.98. The monoisotopic (exact) mass is 325 g/mol. The molecule has 3 rings (SSSR count). The van der Waals surface area contributed by atoms with Gasteiger partial charge in [0, 0.05) is 25.6 Å². The normalized spacial score (nSPS) is 21.5. The van der Waals surface area contributed by atoms with Crippen LogP contribution in [0, 0.1) is 5.92 Å². The van der Waals surface area contributed by atoms with Crippen LogP contribution in [0.2, 0.25) is 0 Å². The second kappa shape index (κ2) is 7.60. The first-order valence-corrected chi connectivity index (χ1v) is 8.37. The highest BCUT2D eigenvalue weighted by Crippen LogP contribution is 2.33. The maximum atomic E-state index is 10.9. The number of benzene rings is 2. The molecule has 0 saturated carbocycles. The fourth-order valence-corrected chi connectivity index (χ4v) is 3.59. The summed E-state index contributed by atoms with van der Waals surface area (Å²) in [6.07, 6.45) is 1.03. The molecule has 24 heavy (non-hydrogen) atoms. The number of carboxylic acid groups (broad SMARTS) is 1. The lowest BCUT2D eigenvalue weighted by molar-refractivity contribution is 0.0696. The summed E-state index contributed by atoms with van der Waals surface area (Å²) < 4.78 is 0. The molecule has 2 atom stereocenters. The highest BCUT2D eigenvalue weighted by atomic mass is 16.4. The first kappa shape index (κ1) is 16.7. The first-order chi connectivity index (χ1) is 11.7. The van der Waals surface area contributed by atoms with E-state index >= 15 is 0 Å². The van der Waals surface area contributed by atoms with Gasteiger partial charge in [0.1, 0.15) is 0 Å². The van der Waals surface area contributed by atoms with Gasteiger partial charge in [0.15, 0.2) is 0 Å². The lowest BCUT2D eigenvalue weighted by Crippen LogP contribution is -2.40. The largest absolute Gasteiger partial charge is 0.478 e. The zero-order valence-corrected chi connectivity index (χ0v) is 13.6. The van der Waals surface area contributed by atoms with Crippen molar-refractivity contribution in [1.82, 2.24) is 4.90 Å². The Labute approximate surface area is 142 Å². The fourth-order valence-electron chi connectivity index (χ4n) is 3.59. The molecule has 126 valence electrons. The standard InChI is InChI=1S/C20H23NO3/c22-14-18-13-21(11-10-19(18)16-4-2-1-3-5-16)12-15-6-8-17(9-7-15)20(23)24/h1-9,18-19,22H,10-14H2,(H,23,24)/t18-,19+/m0/s1. The third kappa shape index (κ3) is 3.83. The summed E-state index contributed by atoms with van der Waals surface area (Å²) in [7, 11) is 0. The van der Waals surface area contributed by atoms with Gasteiger partial charge >= 0.3 is 5.97 Å². The minimum Gasteiger partial charge on any atom is -0.478 e. The van der Waals surface area contributed by atoms with Crippen molar-refractivity contribution in [2.45, 2.75) is 18.9 Å². The van der Waals surface area contributed by atoms with Crippen LogP contribution in [0.4, 0.5) is 0 Å². The van der Waals surface area contributed by atoms with Gasteiger partial charge in [-0.1, -0.05) is 42.5 Å². The summed E-state index contributed by atoms with van der Waals surface area (Å²) in [5.41, 5.74) is 2.73. The molecule has 0 radical (unpaired) electrons. The second-order valence-corrected chi connectivity index (χ2v) is 6.49.